The predicted octanol–water partition coefficient (Wildman–Crippen LogP) is 4.10. The number of carbonyl (C=O) groups is 1. The molecule has 172 valence electrons. The number of imidazole rings is 1. The van der Waals surface area contributed by atoms with Gasteiger partial charge in [0.25, 0.3) is 5.91 Å². The topological polar surface area (TPSA) is 79.5 Å². The maximum absolute atomic E-state index is 13.5. The second kappa shape index (κ2) is 8.24. The van der Waals surface area contributed by atoms with Crippen LogP contribution in [0.15, 0.2) is 53.2 Å². The van der Waals surface area contributed by atoms with Gasteiger partial charge in [-0.25, -0.2) is 19.9 Å². The van der Waals surface area contributed by atoms with Crippen LogP contribution in [0.4, 0.5) is 0 Å². The smallest absolute Gasteiger partial charge is 0.252 e. The molecule has 3 aliphatic rings. The fourth-order valence-electron chi connectivity index (χ4n) is 5.03. The Labute approximate surface area is 194 Å². The number of amides is 1. The van der Waals surface area contributed by atoms with Crippen molar-refractivity contribution >= 4 is 17.6 Å². The van der Waals surface area contributed by atoms with Gasteiger partial charge in [-0.05, 0) is 57.1 Å². The minimum absolute atomic E-state index is 0.143. The first kappa shape index (κ1) is 21.6. The van der Waals surface area contributed by atoms with E-state index < -0.39 is 5.54 Å². The summed E-state index contributed by atoms with van der Waals surface area (Å²) in [6.07, 6.45) is 15.0. The molecule has 4 heterocycles. The summed E-state index contributed by atoms with van der Waals surface area (Å²) in [7, 11) is 1.88. The Morgan fingerprint density at radius 2 is 1.88 bits per heavy atom. The lowest BCUT2D eigenvalue weighted by Crippen LogP contribution is -2.68. The number of hydrogen-bond donors (Lipinski definition) is 0. The van der Waals surface area contributed by atoms with E-state index >= 15 is 0 Å². The average molecular weight is 446 g/mol. The summed E-state index contributed by atoms with van der Waals surface area (Å²) < 4.78 is 2.00. The summed E-state index contributed by atoms with van der Waals surface area (Å²) in [5, 5.41) is 0. The number of piperazine rings is 1. The van der Waals surface area contributed by atoms with E-state index in [0.717, 1.165) is 49.5 Å². The first-order valence-electron chi connectivity index (χ1n) is 11.9. The Balaban J connectivity index is 1.70. The van der Waals surface area contributed by atoms with Gasteiger partial charge in [0.15, 0.2) is 17.5 Å². The van der Waals surface area contributed by atoms with E-state index in [2.05, 4.69) is 46.7 Å². The number of amidine groups is 1. The van der Waals surface area contributed by atoms with E-state index in [-0.39, 0.29) is 5.91 Å². The molecule has 0 radical (unpaired) electrons. The van der Waals surface area contributed by atoms with Crippen molar-refractivity contribution in [2.24, 2.45) is 4.99 Å². The monoisotopic (exact) mass is 445 g/mol. The molecule has 0 aromatic carbocycles. The molecule has 8 nitrogen and oxygen atoms in total. The molecule has 1 saturated heterocycles. The van der Waals surface area contributed by atoms with Gasteiger partial charge in [-0.3, -0.25) is 9.36 Å². The van der Waals surface area contributed by atoms with Crippen molar-refractivity contribution in [3.63, 3.8) is 0 Å². The zero-order valence-electron chi connectivity index (χ0n) is 19.8. The number of hydrogen-bond acceptors (Lipinski definition) is 6. The number of fused-ring (bicyclic) bond motifs is 1. The fraction of sp³-hybridized carbons (Fsp3) is 0.480. The molecule has 0 N–H and O–H groups in total. The molecule has 1 saturated carbocycles. The SMILES string of the molecule is CCC1=C(n2ccnc2-c2ncccn2)N=C2C(=CC1)N(C)C(=O)[C@@](C)(CC)N2C1CCC1. The molecule has 2 aromatic rings. The fourth-order valence-corrected chi connectivity index (χ4v) is 5.03. The molecule has 8 heteroatoms. The van der Waals surface area contributed by atoms with Gasteiger partial charge in [0.05, 0.1) is 5.70 Å². The van der Waals surface area contributed by atoms with E-state index in [1.807, 2.05) is 22.7 Å². The van der Waals surface area contributed by atoms with Crippen LogP contribution in [0.3, 0.4) is 0 Å². The van der Waals surface area contributed by atoms with Gasteiger partial charge in [-0.2, -0.15) is 0 Å². The second-order valence-electron chi connectivity index (χ2n) is 9.15. The molecule has 1 amide bonds. The molecule has 1 aliphatic carbocycles. The van der Waals surface area contributed by atoms with Crippen LogP contribution < -0.4 is 0 Å². The Morgan fingerprint density at radius 3 is 2.52 bits per heavy atom. The van der Waals surface area contributed by atoms with Crippen LogP contribution >= 0.6 is 0 Å². The number of rotatable bonds is 5. The van der Waals surface area contributed by atoms with Crippen LogP contribution in [0, 0.1) is 0 Å². The highest BCUT2D eigenvalue weighted by molar-refractivity contribution is 6.10. The van der Waals surface area contributed by atoms with Gasteiger partial charge in [0, 0.05) is 37.9 Å². The standard InChI is InChI=1S/C25H31N7O/c1-5-17-11-12-19-22(32(18-9-7-10-18)25(3,6-2)24(33)30(19)4)29-21(17)31-16-15-28-23(31)20-26-13-8-14-27-20/h8,12-16,18H,5-7,9-11H2,1-4H3/t25-/m1/s1. The van der Waals surface area contributed by atoms with Crippen molar-refractivity contribution in [2.75, 3.05) is 7.05 Å². The molecule has 2 fully saturated rings. The zero-order valence-corrected chi connectivity index (χ0v) is 19.8. The number of carbonyl (C=O) groups excluding carboxylic acids is 1. The molecule has 2 aromatic heterocycles. The minimum Gasteiger partial charge on any atom is -0.337 e. The summed E-state index contributed by atoms with van der Waals surface area (Å²) >= 11 is 0. The molecule has 0 unspecified atom stereocenters. The van der Waals surface area contributed by atoms with Crippen molar-refractivity contribution in [3.8, 4) is 11.6 Å². The van der Waals surface area contributed by atoms with Gasteiger partial charge in [0.2, 0.25) is 0 Å². The predicted molar refractivity (Wildman–Crippen MR) is 128 cm³/mol. The molecule has 33 heavy (non-hydrogen) atoms. The highest BCUT2D eigenvalue weighted by Gasteiger charge is 2.51. The van der Waals surface area contributed by atoms with Gasteiger partial charge in [-0.15, -0.1) is 0 Å². The van der Waals surface area contributed by atoms with Crippen LogP contribution in [0.2, 0.25) is 0 Å². The Bertz CT molecular complexity index is 1160. The van der Waals surface area contributed by atoms with Crippen molar-refractivity contribution in [3.05, 3.63) is 48.2 Å². The highest BCUT2D eigenvalue weighted by Crippen LogP contribution is 2.41. The Hall–Kier alpha value is -3.29. The molecule has 5 rings (SSSR count). The summed E-state index contributed by atoms with van der Waals surface area (Å²) in [6, 6.07) is 2.13. The molecule has 2 aliphatic heterocycles. The third-order valence-corrected chi connectivity index (χ3v) is 7.38. The van der Waals surface area contributed by atoms with Crippen LogP contribution in [-0.4, -0.2) is 59.7 Å². The van der Waals surface area contributed by atoms with Crippen LogP contribution in [0.5, 0.6) is 0 Å². The normalized spacial score (nSPS) is 23.7. The number of nitrogens with zero attached hydrogens (tertiary/aromatic N) is 7. The van der Waals surface area contributed by atoms with Gasteiger partial charge in [0.1, 0.15) is 11.4 Å². The maximum Gasteiger partial charge on any atom is 0.252 e. The van der Waals surface area contributed by atoms with E-state index in [0.29, 0.717) is 17.7 Å². The number of likely N-dealkylation sites (N-methyl/N-ethyl adjacent to an activating group) is 1. The van der Waals surface area contributed by atoms with E-state index in [4.69, 9.17) is 4.99 Å². The van der Waals surface area contributed by atoms with Gasteiger partial charge in [-0.1, -0.05) is 19.9 Å². The van der Waals surface area contributed by atoms with Crippen molar-refractivity contribution in [1.82, 2.24) is 29.3 Å². The molecule has 1 atom stereocenters. The number of aliphatic imine (C=N–C) groups is 1. The Kier molecular flexibility index (Phi) is 5.38. The van der Waals surface area contributed by atoms with Crippen LogP contribution in [-0.2, 0) is 4.79 Å². The Morgan fingerprint density at radius 1 is 1.12 bits per heavy atom. The highest BCUT2D eigenvalue weighted by atomic mass is 16.2. The molecular formula is C25H31N7O. The third kappa shape index (κ3) is 3.31. The first-order chi connectivity index (χ1) is 16.0. The second-order valence-corrected chi connectivity index (χ2v) is 9.15. The lowest BCUT2D eigenvalue weighted by molar-refractivity contribution is -0.142. The van der Waals surface area contributed by atoms with E-state index in [1.165, 1.54) is 12.0 Å². The van der Waals surface area contributed by atoms with Crippen molar-refractivity contribution in [2.45, 2.75) is 70.9 Å². The summed E-state index contributed by atoms with van der Waals surface area (Å²) in [5.74, 6) is 3.11. The first-order valence-corrected chi connectivity index (χ1v) is 11.9. The third-order valence-electron chi connectivity index (χ3n) is 7.38. The lowest BCUT2D eigenvalue weighted by Gasteiger charge is -2.54. The van der Waals surface area contributed by atoms with Crippen LogP contribution in [0.25, 0.3) is 17.5 Å². The van der Waals surface area contributed by atoms with Crippen molar-refractivity contribution in [1.29, 1.82) is 0 Å². The van der Waals surface area contributed by atoms with Gasteiger partial charge < -0.3 is 9.80 Å². The average Bonchev–Trinajstić information content (AvgIpc) is 3.21. The largest absolute Gasteiger partial charge is 0.337 e. The maximum atomic E-state index is 13.5. The number of aromatic nitrogens is 4. The summed E-state index contributed by atoms with van der Waals surface area (Å²) in [4.78, 5) is 36.4. The van der Waals surface area contributed by atoms with E-state index in [1.54, 1.807) is 24.7 Å². The minimum atomic E-state index is -0.613. The summed E-state index contributed by atoms with van der Waals surface area (Å²) in [5.41, 5.74) is 1.47. The van der Waals surface area contributed by atoms with Crippen molar-refractivity contribution < 1.29 is 4.79 Å². The number of allylic oxidation sites excluding steroid dienone is 2. The molecule has 0 spiro atoms. The zero-order chi connectivity index (χ0) is 23.2. The molecular weight excluding hydrogens is 414 g/mol. The quantitative estimate of drug-likeness (QED) is 0.692. The van der Waals surface area contributed by atoms with E-state index in [9.17, 15) is 4.79 Å². The lowest BCUT2D eigenvalue weighted by atomic mass is 9.82. The van der Waals surface area contributed by atoms with Gasteiger partial charge >= 0.3 is 0 Å². The molecule has 0 bridgehead atoms. The van der Waals surface area contributed by atoms with Crippen LogP contribution in [0.1, 0.15) is 59.3 Å². The summed E-state index contributed by atoms with van der Waals surface area (Å²) in [6.45, 7) is 6.31.